The third kappa shape index (κ3) is 2.12. The molecule has 1 aliphatic heterocycles. The van der Waals surface area contributed by atoms with Gasteiger partial charge in [-0.15, -0.1) is 11.6 Å². The van der Waals surface area contributed by atoms with Crippen LogP contribution in [0, 0.1) is 0 Å². The summed E-state index contributed by atoms with van der Waals surface area (Å²) in [5.41, 5.74) is -0.0214. The maximum Gasteiger partial charge on any atom is 0.140 e. The number of halogens is 3. The lowest BCUT2D eigenvalue weighted by atomic mass is 10.3. The third-order valence-electron chi connectivity index (χ3n) is 1.85. The summed E-state index contributed by atoms with van der Waals surface area (Å²) in [5.74, 6) is 0. The normalized spacial score (nSPS) is 42.8. The molecule has 0 aliphatic carbocycles. The van der Waals surface area contributed by atoms with Gasteiger partial charge in [-0.1, -0.05) is 34.2 Å². The molecule has 0 bridgehead atoms. The van der Waals surface area contributed by atoms with Crippen molar-refractivity contribution in [3.8, 4) is 0 Å². The van der Waals surface area contributed by atoms with Crippen molar-refractivity contribution in [2.75, 3.05) is 20.6 Å². The molecule has 0 N–H and O–H groups in total. The molecule has 66 valence electrons. The molecule has 1 rings (SSSR count). The maximum absolute atomic E-state index is 6.07. The monoisotopic (exact) mass is 308 g/mol. The van der Waals surface area contributed by atoms with Gasteiger partial charge in [-0.25, -0.2) is 0 Å². The Morgan fingerprint density at radius 1 is 1.36 bits per heavy atom. The van der Waals surface area contributed by atoms with Gasteiger partial charge in [0, 0.05) is 6.54 Å². The van der Waals surface area contributed by atoms with Gasteiger partial charge < -0.3 is 0 Å². The summed E-state index contributed by atoms with van der Waals surface area (Å²) in [6.07, 6.45) is 0. The molecule has 0 aromatic heterocycles. The summed E-state index contributed by atoms with van der Waals surface area (Å²) in [6, 6.07) is 0. The fourth-order valence-electron chi connectivity index (χ4n) is 1.13. The molecule has 0 saturated carbocycles. The zero-order valence-electron chi connectivity index (χ0n) is 6.47. The van der Waals surface area contributed by atoms with Crippen molar-refractivity contribution in [1.29, 1.82) is 0 Å². The van der Waals surface area contributed by atoms with E-state index in [0.717, 1.165) is 6.54 Å². The van der Waals surface area contributed by atoms with Crippen LogP contribution in [0.3, 0.4) is 0 Å². The first-order chi connectivity index (χ1) is 5.04. The van der Waals surface area contributed by atoms with E-state index in [2.05, 4.69) is 27.5 Å². The molecular formula is C6H11Cl2IN2. The lowest BCUT2D eigenvalue weighted by Gasteiger charge is -2.42. The van der Waals surface area contributed by atoms with Crippen molar-refractivity contribution in [3.05, 3.63) is 0 Å². The minimum Gasteiger partial charge on any atom is -0.277 e. The van der Waals surface area contributed by atoms with Crippen molar-refractivity contribution in [2.45, 2.75) is 15.1 Å². The molecule has 1 fully saturated rings. The van der Waals surface area contributed by atoms with E-state index in [-0.39, 0.29) is 11.0 Å². The Morgan fingerprint density at radius 2 is 1.91 bits per heavy atom. The molecule has 0 spiro atoms. The van der Waals surface area contributed by atoms with Gasteiger partial charge in [-0.3, -0.25) is 9.80 Å². The highest BCUT2D eigenvalue weighted by Gasteiger charge is 2.34. The van der Waals surface area contributed by atoms with E-state index in [0.29, 0.717) is 4.05 Å². The fraction of sp³-hybridized carbons (Fsp3) is 1.00. The maximum atomic E-state index is 6.07. The second-order valence-electron chi connectivity index (χ2n) is 2.80. The zero-order chi connectivity index (χ0) is 8.59. The minimum absolute atomic E-state index is 0.0214. The topological polar surface area (TPSA) is 6.48 Å². The number of rotatable bonds is 0. The van der Waals surface area contributed by atoms with Crippen molar-refractivity contribution in [2.24, 2.45) is 0 Å². The quantitative estimate of drug-likeness (QED) is 0.382. The van der Waals surface area contributed by atoms with E-state index >= 15 is 0 Å². The molecule has 0 amide bonds. The molecule has 11 heavy (non-hydrogen) atoms. The number of alkyl halides is 3. The van der Waals surface area contributed by atoms with Crippen molar-refractivity contribution in [3.63, 3.8) is 0 Å². The highest BCUT2D eigenvalue weighted by molar-refractivity contribution is 14.1. The van der Waals surface area contributed by atoms with Crippen LogP contribution in [0.5, 0.6) is 0 Å². The lowest BCUT2D eigenvalue weighted by Crippen LogP contribution is -2.55. The van der Waals surface area contributed by atoms with Crippen LogP contribution in [0.25, 0.3) is 0 Å². The number of hydrogen-bond donors (Lipinski definition) is 0. The highest BCUT2D eigenvalue weighted by Crippen LogP contribution is 2.27. The SMILES string of the molecule is CN1CC(Cl)C(I)N(C)C1Cl. The van der Waals surface area contributed by atoms with Crippen molar-refractivity contribution < 1.29 is 0 Å². The average Bonchev–Trinajstić information content (AvgIpc) is 1.97. The largest absolute Gasteiger partial charge is 0.277 e. The summed E-state index contributed by atoms with van der Waals surface area (Å²) in [4.78, 5) is 4.09. The lowest BCUT2D eigenvalue weighted by molar-refractivity contribution is 0.0958. The Bertz CT molecular complexity index is 133. The molecule has 1 aliphatic rings. The van der Waals surface area contributed by atoms with Gasteiger partial charge in [0.1, 0.15) is 5.62 Å². The summed E-state index contributed by atoms with van der Waals surface area (Å²) in [5, 5.41) is 0.167. The van der Waals surface area contributed by atoms with Gasteiger partial charge in [-0.2, -0.15) is 0 Å². The predicted molar refractivity (Wildman–Crippen MR) is 57.5 cm³/mol. The molecule has 0 radical (unpaired) electrons. The Kier molecular flexibility index (Phi) is 3.71. The van der Waals surface area contributed by atoms with Crippen molar-refractivity contribution in [1.82, 2.24) is 9.80 Å². The van der Waals surface area contributed by atoms with E-state index in [1.165, 1.54) is 0 Å². The second kappa shape index (κ2) is 3.96. The summed E-state index contributed by atoms with van der Waals surface area (Å²) in [6.45, 7) is 0.855. The first-order valence-corrected chi connectivity index (χ1v) is 5.50. The first-order valence-electron chi connectivity index (χ1n) is 3.38. The molecule has 0 aromatic carbocycles. The molecular weight excluding hydrogens is 298 g/mol. The van der Waals surface area contributed by atoms with Gasteiger partial charge in [0.25, 0.3) is 0 Å². The van der Waals surface area contributed by atoms with E-state index in [1.807, 2.05) is 19.0 Å². The Labute approximate surface area is 90.9 Å². The number of hydrogen-bond acceptors (Lipinski definition) is 2. The summed E-state index contributed by atoms with van der Waals surface area (Å²) in [7, 11) is 3.96. The predicted octanol–water partition coefficient (Wildman–Crippen LogP) is 1.75. The molecule has 1 saturated heterocycles. The molecule has 5 heteroatoms. The van der Waals surface area contributed by atoms with Gasteiger partial charge in [0.2, 0.25) is 0 Å². The first kappa shape index (κ1) is 10.3. The molecule has 3 atom stereocenters. The fourth-order valence-corrected chi connectivity index (χ4v) is 2.45. The Balaban J connectivity index is 2.63. The van der Waals surface area contributed by atoms with Crippen LogP contribution >= 0.6 is 45.8 Å². The molecule has 0 aromatic rings. The van der Waals surface area contributed by atoms with Crippen molar-refractivity contribution >= 4 is 45.8 Å². The van der Waals surface area contributed by atoms with E-state index < -0.39 is 0 Å². The minimum atomic E-state index is -0.0214. The molecule has 3 unspecified atom stereocenters. The summed E-state index contributed by atoms with van der Waals surface area (Å²) < 4.78 is 0.327. The third-order valence-corrected chi connectivity index (χ3v) is 5.04. The van der Waals surface area contributed by atoms with Crippen LogP contribution < -0.4 is 0 Å². The van der Waals surface area contributed by atoms with Gasteiger partial charge in [-0.05, 0) is 14.1 Å². The van der Waals surface area contributed by atoms with Crippen LogP contribution in [-0.2, 0) is 0 Å². The van der Waals surface area contributed by atoms with Crippen LogP contribution in [-0.4, -0.2) is 45.5 Å². The molecule has 2 nitrogen and oxygen atoms in total. The average molecular weight is 309 g/mol. The zero-order valence-corrected chi connectivity index (χ0v) is 10.1. The van der Waals surface area contributed by atoms with E-state index in [1.54, 1.807) is 0 Å². The van der Waals surface area contributed by atoms with Crippen LogP contribution in [0.15, 0.2) is 0 Å². The number of nitrogens with zero attached hydrogens (tertiary/aromatic N) is 2. The van der Waals surface area contributed by atoms with Crippen LogP contribution in [0.2, 0.25) is 0 Å². The standard InChI is InChI=1S/C6H11Cl2IN2/c1-10-3-4(7)5(9)11(2)6(10)8/h4-6H,3H2,1-2H3. The van der Waals surface area contributed by atoms with Gasteiger partial charge in [0.15, 0.2) is 0 Å². The van der Waals surface area contributed by atoms with Crippen LogP contribution in [0.4, 0.5) is 0 Å². The van der Waals surface area contributed by atoms with Gasteiger partial charge >= 0.3 is 0 Å². The smallest absolute Gasteiger partial charge is 0.140 e. The van der Waals surface area contributed by atoms with E-state index in [9.17, 15) is 0 Å². The molecule has 1 heterocycles. The van der Waals surface area contributed by atoms with E-state index in [4.69, 9.17) is 23.2 Å². The summed E-state index contributed by atoms with van der Waals surface area (Å²) >= 11 is 14.5. The highest BCUT2D eigenvalue weighted by atomic mass is 127. The Morgan fingerprint density at radius 3 is 2.45 bits per heavy atom. The second-order valence-corrected chi connectivity index (χ2v) is 5.03. The van der Waals surface area contributed by atoms with Gasteiger partial charge in [0.05, 0.1) is 9.43 Å². The Hall–Kier alpha value is 1.23. The van der Waals surface area contributed by atoms with Crippen LogP contribution in [0.1, 0.15) is 0 Å².